The van der Waals surface area contributed by atoms with Gasteiger partial charge in [0.15, 0.2) is 5.60 Å². The predicted octanol–water partition coefficient (Wildman–Crippen LogP) is 2.77. The molecule has 0 amide bonds. The highest BCUT2D eigenvalue weighted by Crippen LogP contribution is 2.45. The number of ether oxygens (including phenoxy) is 1. The molecule has 2 aliphatic heterocycles. The number of ketones is 1. The van der Waals surface area contributed by atoms with E-state index >= 15 is 0 Å². The quantitative estimate of drug-likeness (QED) is 0.866. The van der Waals surface area contributed by atoms with Crippen molar-refractivity contribution in [2.75, 3.05) is 31.1 Å². The van der Waals surface area contributed by atoms with Gasteiger partial charge in [-0.15, -0.1) is 0 Å². The summed E-state index contributed by atoms with van der Waals surface area (Å²) in [6, 6.07) is 0. The lowest BCUT2D eigenvalue weighted by Crippen LogP contribution is -2.32. The van der Waals surface area contributed by atoms with Crippen molar-refractivity contribution in [2.24, 2.45) is 0 Å². The lowest BCUT2D eigenvalue weighted by Gasteiger charge is -2.28. The van der Waals surface area contributed by atoms with E-state index in [2.05, 4.69) is 31.0 Å². The Morgan fingerprint density at radius 2 is 1.77 bits per heavy atom. The van der Waals surface area contributed by atoms with Crippen LogP contribution < -0.4 is 15.0 Å². The molecular weight excluding hydrogens is 276 g/mol. The van der Waals surface area contributed by atoms with Crippen LogP contribution in [0, 0.1) is 20.8 Å². The maximum atomic E-state index is 12.7. The molecule has 0 aromatic heterocycles. The summed E-state index contributed by atoms with van der Waals surface area (Å²) >= 11 is 0. The van der Waals surface area contributed by atoms with Crippen molar-refractivity contribution in [1.29, 1.82) is 0 Å². The third kappa shape index (κ3) is 2.21. The summed E-state index contributed by atoms with van der Waals surface area (Å²) in [5, 5.41) is 3.44. The van der Waals surface area contributed by atoms with Crippen LogP contribution in [-0.4, -0.2) is 37.6 Å². The Labute approximate surface area is 132 Å². The maximum Gasteiger partial charge on any atom is 0.209 e. The van der Waals surface area contributed by atoms with Crippen molar-refractivity contribution in [3.05, 3.63) is 22.3 Å². The molecule has 2 heterocycles. The number of anilines is 1. The Morgan fingerprint density at radius 3 is 2.50 bits per heavy atom. The maximum absolute atomic E-state index is 12.7. The first kappa shape index (κ1) is 15.3. The monoisotopic (exact) mass is 302 g/mol. The molecule has 4 nitrogen and oxygen atoms in total. The fourth-order valence-corrected chi connectivity index (χ4v) is 3.65. The van der Waals surface area contributed by atoms with Gasteiger partial charge in [-0.1, -0.05) is 0 Å². The molecule has 4 heteroatoms. The van der Waals surface area contributed by atoms with Gasteiger partial charge >= 0.3 is 0 Å². The van der Waals surface area contributed by atoms with Gasteiger partial charge in [-0.05, 0) is 64.3 Å². The largest absolute Gasteiger partial charge is 0.479 e. The van der Waals surface area contributed by atoms with E-state index in [0.717, 1.165) is 55.0 Å². The number of hydrogen-bond donors (Lipinski definition) is 1. The molecule has 3 rings (SSSR count). The molecule has 0 radical (unpaired) electrons. The van der Waals surface area contributed by atoms with Crippen LogP contribution in [0.4, 0.5) is 5.69 Å². The van der Waals surface area contributed by atoms with Crippen LogP contribution in [0.3, 0.4) is 0 Å². The molecular formula is C18H26N2O2. The molecule has 1 aromatic rings. The van der Waals surface area contributed by atoms with Gasteiger partial charge in [0.05, 0.1) is 5.56 Å². The molecule has 0 saturated carbocycles. The predicted molar refractivity (Wildman–Crippen MR) is 89.4 cm³/mol. The number of fused-ring (bicyclic) bond motifs is 1. The van der Waals surface area contributed by atoms with Crippen LogP contribution in [0.5, 0.6) is 5.75 Å². The summed E-state index contributed by atoms with van der Waals surface area (Å²) in [4.78, 5) is 15.2. The highest BCUT2D eigenvalue weighted by Gasteiger charge is 2.43. The molecule has 0 spiro atoms. The zero-order valence-electron chi connectivity index (χ0n) is 14.3. The Balaban J connectivity index is 2.16. The average molecular weight is 302 g/mol. The van der Waals surface area contributed by atoms with Crippen LogP contribution in [0.1, 0.15) is 47.3 Å². The summed E-state index contributed by atoms with van der Waals surface area (Å²) < 4.78 is 5.99. The first-order chi connectivity index (χ1) is 10.3. The number of Topliss-reactive ketones (excluding diaryl/α,β-unsaturated/α-hetero) is 1. The SMILES string of the molecule is Cc1c(C)c(N2CCCNCC2)c(C)c2c1OC(C)(C)C2=O. The first-order valence-electron chi connectivity index (χ1n) is 8.18. The third-order valence-electron chi connectivity index (χ3n) is 5.00. The normalized spacial score (nSPS) is 20.6. The van der Waals surface area contributed by atoms with Gasteiger partial charge < -0.3 is 15.0 Å². The molecule has 0 bridgehead atoms. The molecule has 22 heavy (non-hydrogen) atoms. The molecule has 1 aromatic carbocycles. The molecule has 1 fully saturated rings. The highest BCUT2D eigenvalue weighted by molar-refractivity contribution is 6.09. The summed E-state index contributed by atoms with van der Waals surface area (Å²) in [5.41, 5.74) is 4.70. The second-order valence-corrected chi connectivity index (χ2v) is 6.96. The Kier molecular flexibility index (Phi) is 3.68. The summed E-state index contributed by atoms with van der Waals surface area (Å²) in [6.07, 6.45) is 1.13. The van der Waals surface area contributed by atoms with Crippen LogP contribution in [0.2, 0.25) is 0 Å². The second kappa shape index (κ2) is 5.27. The standard InChI is InChI=1S/C18H26N2O2/c1-11-12(2)16-14(17(21)18(4,5)22-16)13(3)15(11)20-9-6-7-19-8-10-20/h19H,6-10H2,1-5H3. The molecule has 1 saturated heterocycles. The van der Waals surface area contributed by atoms with Crippen molar-refractivity contribution in [3.63, 3.8) is 0 Å². The molecule has 0 aliphatic carbocycles. The minimum atomic E-state index is -0.747. The minimum absolute atomic E-state index is 0.109. The van der Waals surface area contributed by atoms with E-state index in [1.807, 2.05) is 13.8 Å². The average Bonchev–Trinajstić information content (AvgIpc) is 2.64. The van der Waals surface area contributed by atoms with Gasteiger partial charge in [-0.3, -0.25) is 4.79 Å². The van der Waals surface area contributed by atoms with Crippen molar-refractivity contribution >= 4 is 11.5 Å². The van der Waals surface area contributed by atoms with Crippen LogP contribution in [-0.2, 0) is 0 Å². The fraction of sp³-hybridized carbons (Fsp3) is 0.611. The van der Waals surface area contributed by atoms with E-state index in [9.17, 15) is 4.79 Å². The first-order valence-corrected chi connectivity index (χ1v) is 8.18. The number of carbonyl (C=O) groups is 1. The Morgan fingerprint density at radius 1 is 1.05 bits per heavy atom. The third-order valence-corrected chi connectivity index (χ3v) is 5.00. The lowest BCUT2D eigenvalue weighted by atomic mass is 9.91. The zero-order valence-corrected chi connectivity index (χ0v) is 14.3. The number of carbonyl (C=O) groups excluding carboxylic acids is 1. The number of benzene rings is 1. The highest BCUT2D eigenvalue weighted by atomic mass is 16.5. The second-order valence-electron chi connectivity index (χ2n) is 6.96. The van der Waals surface area contributed by atoms with Gasteiger partial charge in [-0.25, -0.2) is 0 Å². The summed E-state index contributed by atoms with van der Waals surface area (Å²) in [7, 11) is 0. The number of hydrogen-bond acceptors (Lipinski definition) is 4. The number of rotatable bonds is 1. The van der Waals surface area contributed by atoms with E-state index in [1.54, 1.807) is 0 Å². The topological polar surface area (TPSA) is 41.6 Å². The van der Waals surface area contributed by atoms with E-state index in [-0.39, 0.29) is 5.78 Å². The van der Waals surface area contributed by atoms with E-state index in [1.165, 1.54) is 11.3 Å². The van der Waals surface area contributed by atoms with E-state index in [0.29, 0.717) is 0 Å². The molecule has 1 N–H and O–H groups in total. The summed E-state index contributed by atoms with van der Waals surface area (Å²) in [5.74, 6) is 0.902. The van der Waals surface area contributed by atoms with E-state index in [4.69, 9.17) is 4.74 Å². The van der Waals surface area contributed by atoms with Crippen LogP contribution >= 0.6 is 0 Å². The molecule has 0 atom stereocenters. The summed E-state index contributed by atoms with van der Waals surface area (Å²) in [6.45, 7) is 14.1. The van der Waals surface area contributed by atoms with Crippen LogP contribution in [0.25, 0.3) is 0 Å². The van der Waals surface area contributed by atoms with Crippen molar-refractivity contribution in [3.8, 4) is 5.75 Å². The van der Waals surface area contributed by atoms with Crippen molar-refractivity contribution < 1.29 is 9.53 Å². The van der Waals surface area contributed by atoms with E-state index < -0.39 is 5.60 Å². The van der Waals surface area contributed by atoms with Gasteiger partial charge in [0, 0.05) is 25.3 Å². The zero-order chi connectivity index (χ0) is 16.1. The van der Waals surface area contributed by atoms with Crippen molar-refractivity contribution in [2.45, 2.75) is 46.6 Å². The fourth-order valence-electron chi connectivity index (χ4n) is 3.65. The number of nitrogens with zero attached hydrogens (tertiary/aromatic N) is 1. The smallest absolute Gasteiger partial charge is 0.209 e. The van der Waals surface area contributed by atoms with Crippen LogP contribution in [0.15, 0.2) is 0 Å². The lowest BCUT2D eigenvalue weighted by molar-refractivity contribution is 0.0683. The van der Waals surface area contributed by atoms with Crippen molar-refractivity contribution in [1.82, 2.24) is 5.32 Å². The minimum Gasteiger partial charge on any atom is -0.479 e. The molecule has 120 valence electrons. The Bertz CT molecular complexity index is 627. The number of nitrogens with one attached hydrogen (secondary N) is 1. The Hall–Kier alpha value is -1.55. The molecule has 2 aliphatic rings. The van der Waals surface area contributed by atoms with Gasteiger partial charge in [0.1, 0.15) is 5.75 Å². The van der Waals surface area contributed by atoms with Gasteiger partial charge in [-0.2, -0.15) is 0 Å². The molecule has 0 unspecified atom stereocenters. The van der Waals surface area contributed by atoms with Gasteiger partial charge in [0.25, 0.3) is 0 Å². The van der Waals surface area contributed by atoms with Gasteiger partial charge in [0.2, 0.25) is 5.78 Å².